The van der Waals surface area contributed by atoms with Gasteiger partial charge in [0.2, 0.25) is 0 Å². The maximum Gasteiger partial charge on any atom is 0.274 e. The van der Waals surface area contributed by atoms with E-state index in [0.717, 1.165) is 16.9 Å². The number of nitrogens with one attached hydrogen (secondary N) is 1. The molecule has 2 N–H and O–H groups in total. The molecule has 0 aliphatic carbocycles. The molecule has 27 heavy (non-hydrogen) atoms. The van der Waals surface area contributed by atoms with E-state index in [1.54, 1.807) is 37.1 Å². The van der Waals surface area contributed by atoms with Gasteiger partial charge in [-0.3, -0.25) is 10.0 Å². The zero-order valence-corrected chi connectivity index (χ0v) is 15.1. The van der Waals surface area contributed by atoms with Crippen molar-refractivity contribution in [3.63, 3.8) is 0 Å². The van der Waals surface area contributed by atoms with Gasteiger partial charge in [-0.05, 0) is 48.4 Å². The van der Waals surface area contributed by atoms with Crippen molar-refractivity contribution in [1.82, 2.24) is 15.4 Å². The maximum atomic E-state index is 11.5. The van der Waals surface area contributed by atoms with Crippen molar-refractivity contribution < 1.29 is 14.7 Å². The monoisotopic (exact) mass is 364 g/mol. The fraction of sp³-hybridized carbons (Fsp3) is 0.150. The van der Waals surface area contributed by atoms with E-state index in [0.29, 0.717) is 23.7 Å². The molecule has 0 saturated heterocycles. The number of methoxy groups -OCH3 is 1. The number of anilines is 2. The van der Waals surface area contributed by atoms with Crippen LogP contribution in [-0.4, -0.2) is 28.2 Å². The highest BCUT2D eigenvalue weighted by molar-refractivity contribution is 5.93. The highest BCUT2D eigenvalue weighted by Crippen LogP contribution is 2.31. The van der Waals surface area contributed by atoms with Crippen LogP contribution < -0.4 is 15.1 Å². The Kier molecular flexibility index (Phi) is 5.63. The predicted molar refractivity (Wildman–Crippen MR) is 101 cm³/mol. The van der Waals surface area contributed by atoms with Crippen LogP contribution in [0.2, 0.25) is 0 Å². The van der Waals surface area contributed by atoms with Crippen LogP contribution in [0.1, 0.15) is 21.5 Å². The van der Waals surface area contributed by atoms with Gasteiger partial charge in [-0.15, -0.1) is 0 Å². The molecule has 7 heteroatoms. The Morgan fingerprint density at radius 1 is 1.15 bits per heavy atom. The number of carbonyl (C=O) groups is 1. The molecule has 2 heterocycles. The second-order valence-corrected chi connectivity index (χ2v) is 5.95. The first kappa shape index (κ1) is 18.3. The highest BCUT2D eigenvalue weighted by Gasteiger charge is 2.17. The van der Waals surface area contributed by atoms with E-state index >= 15 is 0 Å². The Morgan fingerprint density at radius 2 is 1.93 bits per heavy atom. The number of hydrogen-bond donors (Lipinski definition) is 2. The number of pyridine rings is 2. The number of hydroxylamine groups is 1. The molecule has 0 aliphatic heterocycles. The topological polar surface area (TPSA) is 87.6 Å². The minimum atomic E-state index is -0.551. The molecular weight excluding hydrogens is 344 g/mol. The normalized spacial score (nSPS) is 10.3. The predicted octanol–water partition coefficient (Wildman–Crippen LogP) is 3.25. The van der Waals surface area contributed by atoms with Crippen molar-refractivity contribution in [2.24, 2.45) is 0 Å². The lowest BCUT2D eigenvalue weighted by atomic mass is 10.1. The Balaban J connectivity index is 1.97. The standard InChI is InChI=1S/C20H20N4O3/c1-14-5-10-18(22-12-14)24(19-17(27-2)4-3-11-21-19)13-15-6-8-16(9-7-15)20(25)23-26/h3-12,26H,13H2,1-2H3,(H,23,25). The molecule has 0 saturated carbocycles. The SMILES string of the molecule is COc1cccnc1N(Cc1ccc(C(=O)NO)cc1)c1ccc(C)cn1. The van der Waals surface area contributed by atoms with Gasteiger partial charge in [0, 0.05) is 18.0 Å². The van der Waals surface area contributed by atoms with Gasteiger partial charge in [-0.1, -0.05) is 18.2 Å². The summed E-state index contributed by atoms with van der Waals surface area (Å²) in [6, 6.07) is 14.5. The van der Waals surface area contributed by atoms with Gasteiger partial charge in [-0.2, -0.15) is 0 Å². The van der Waals surface area contributed by atoms with Gasteiger partial charge in [0.05, 0.1) is 13.7 Å². The van der Waals surface area contributed by atoms with Crippen molar-refractivity contribution in [2.75, 3.05) is 12.0 Å². The lowest BCUT2D eigenvalue weighted by Crippen LogP contribution is -2.20. The van der Waals surface area contributed by atoms with Crippen LogP contribution in [0.25, 0.3) is 0 Å². The summed E-state index contributed by atoms with van der Waals surface area (Å²) in [5, 5.41) is 8.74. The van der Waals surface area contributed by atoms with E-state index in [9.17, 15) is 4.79 Å². The Labute approximate surface area is 157 Å². The van der Waals surface area contributed by atoms with Crippen molar-refractivity contribution >= 4 is 17.5 Å². The first-order chi connectivity index (χ1) is 13.1. The molecular formula is C20H20N4O3. The minimum absolute atomic E-state index is 0.372. The van der Waals surface area contributed by atoms with Crippen molar-refractivity contribution in [3.8, 4) is 5.75 Å². The zero-order valence-electron chi connectivity index (χ0n) is 15.1. The van der Waals surface area contributed by atoms with Crippen LogP contribution in [0.5, 0.6) is 5.75 Å². The summed E-state index contributed by atoms with van der Waals surface area (Å²) in [5.41, 5.74) is 4.00. The second-order valence-electron chi connectivity index (χ2n) is 5.95. The molecule has 2 aromatic heterocycles. The van der Waals surface area contributed by atoms with Crippen molar-refractivity contribution in [1.29, 1.82) is 0 Å². The fourth-order valence-electron chi connectivity index (χ4n) is 2.64. The average Bonchev–Trinajstić information content (AvgIpc) is 2.72. The van der Waals surface area contributed by atoms with Crippen LogP contribution >= 0.6 is 0 Å². The number of hydrogen-bond acceptors (Lipinski definition) is 6. The Morgan fingerprint density at radius 3 is 2.56 bits per heavy atom. The molecule has 0 bridgehead atoms. The molecule has 0 atom stereocenters. The first-order valence-corrected chi connectivity index (χ1v) is 8.35. The second kappa shape index (κ2) is 8.29. The summed E-state index contributed by atoms with van der Waals surface area (Å²) in [5.74, 6) is 1.46. The maximum absolute atomic E-state index is 11.5. The summed E-state index contributed by atoms with van der Waals surface area (Å²) in [4.78, 5) is 22.4. The van der Waals surface area contributed by atoms with Gasteiger partial charge in [-0.25, -0.2) is 15.4 Å². The van der Waals surface area contributed by atoms with Gasteiger partial charge in [0.25, 0.3) is 5.91 Å². The van der Waals surface area contributed by atoms with Crippen LogP contribution in [-0.2, 0) is 6.54 Å². The molecule has 3 aromatic rings. The lowest BCUT2D eigenvalue weighted by molar-refractivity contribution is 0.0706. The lowest BCUT2D eigenvalue weighted by Gasteiger charge is -2.24. The Hall–Kier alpha value is -3.45. The summed E-state index contributed by atoms with van der Waals surface area (Å²) < 4.78 is 5.46. The molecule has 0 radical (unpaired) electrons. The average molecular weight is 364 g/mol. The minimum Gasteiger partial charge on any atom is -0.493 e. The molecule has 138 valence electrons. The number of aryl methyl sites for hydroxylation is 1. The van der Waals surface area contributed by atoms with Crippen molar-refractivity contribution in [2.45, 2.75) is 13.5 Å². The molecule has 0 fully saturated rings. The summed E-state index contributed by atoms with van der Waals surface area (Å²) >= 11 is 0. The number of nitrogens with zero attached hydrogens (tertiary/aromatic N) is 3. The van der Waals surface area contributed by atoms with E-state index in [1.807, 2.05) is 48.2 Å². The van der Waals surface area contributed by atoms with Crippen LogP contribution in [0.15, 0.2) is 60.9 Å². The Bertz CT molecular complexity index is 911. The molecule has 0 aliphatic rings. The number of rotatable bonds is 6. The summed E-state index contributed by atoms with van der Waals surface area (Å²) in [7, 11) is 1.60. The summed E-state index contributed by atoms with van der Waals surface area (Å²) in [6.07, 6.45) is 3.50. The molecule has 1 amide bonds. The van der Waals surface area contributed by atoms with Gasteiger partial charge in [0.15, 0.2) is 11.6 Å². The van der Waals surface area contributed by atoms with E-state index in [-0.39, 0.29) is 0 Å². The highest BCUT2D eigenvalue weighted by atomic mass is 16.5. The third-order valence-corrected chi connectivity index (χ3v) is 4.06. The number of aromatic nitrogens is 2. The molecule has 0 unspecified atom stereocenters. The van der Waals surface area contributed by atoms with Crippen LogP contribution in [0.4, 0.5) is 11.6 Å². The van der Waals surface area contributed by atoms with E-state index < -0.39 is 5.91 Å². The summed E-state index contributed by atoms with van der Waals surface area (Å²) in [6.45, 7) is 2.46. The number of benzene rings is 1. The van der Waals surface area contributed by atoms with Gasteiger partial charge >= 0.3 is 0 Å². The van der Waals surface area contributed by atoms with Gasteiger partial charge < -0.3 is 9.64 Å². The third kappa shape index (κ3) is 4.21. The zero-order chi connectivity index (χ0) is 19.2. The molecule has 3 rings (SSSR count). The van der Waals surface area contributed by atoms with Crippen LogP contribution in [0, 0.1) is 6.92 Å². The quantitative estimate of drug-likeness (QED) is 0.516. The number of carbonyl (C=O) groups excluding carboxylic acids is 1. The van der Waals surface area contributed by atoms with E-state index in [4.69, 9.17) is 9.94 Å². The first-order valence-electron chi connectivity index (χ1n) is 8.35. The number of amides is 1. The largest absolute Gasteiger partial charge is 0.493 e. The molecule has 7 nitrogen and oxygen atoms in total. The molecule has 1 aromatic carbocycles. The van der Waals surface area contributed by atoms with Gasteiger partial charge in [0.1, 0.15) is 5.82 Å². The van der Waals surface area contributed by atoms with Crippen LogP contribution in [0.3, 0.4) is 0 Å². The number of ether oxygens (including phenoxy) is 1. The van der Waals surface area contributed by atoms with Crippen molar-refractivity contribution in [3.05, 3.63) is 77.6 Å². The fourth-order valence-corrected chi connectivity index (χ4v) is 2.64. The van der Waals surface area contributed by atoms with E-state index in [2.05, 4.69) is 9.97 Å². The molecule has 0 spiro atoms. The smallest absolute Gasteiger partial charge is 0.274 e. The van der Waals surface area contributed by atoms with E-state index in [1.165, 1.54) is 0 Å². The third-order valence-electron chi connectivity index (χ3n) is 4.06.